The van der Waals surface area contributed by atoms with Crippen LogP contribution in [0.2, 0.25) is 0 Å². The van der Waals surface area contributed by atoms with Gasteiger partial charge in [-0.05, 0) is 40.8 Å². The van der Waals surface area contributed by atoms with Gasteiger partial charge in [0.2, 0.25) is 5.91 Å². The fourth-order valence-electron chi connectivity index (χ4n) is 6.91. The van der Waals surface area contributed by atoms with E-state index in [1.54, 1.807) is 12.3 Å². The first-order valence-electron chi connectivity index (χ1n) is 16.2. The molecule has 5 aromatic carbocycles. The third-order valence-electron chi connectivity index (χ3n) is 9.09. The second-order valence-electron chi connectivity index (χ2n) is 12.1. The standard InChI is InChI=1S/C41H32N6O2/c48-37(44-33-23-34-38-35(25-43-46-40(34)49)39(45-36(38)24-33)28-13-5-1-6-14-28)22-21-32-26-47(27-42-32)41(29-15-7-2-8-16-29,30-17-9-3-10-18-30)31-19-11-4-12-20-31/h1-20,23-27,45H,21-22H2,(H,44,48)(H,46,49). The van der Waals surface area contributed by atoms with Gasteiger partial charge in [-0.3, -0.25) is 9.59 Å². The first-order chi connectivity index (χ1) is 24.1. The summed E-state index contributed by atoms with van der Waals surface area (Å²) in [7, 11) is 0. The number of aryl methyl sites for hydroxylation is 1. The first kappa shape index (κ1) is 29.8. The number of imidazole rings is 1. The van der Waals surface area contributed by atoms with Gasteiger partial charge in [0.25, 0.3) is 5.91 Å². The van der Waals surface area contributed by atoms with Crippen molar-refractivity contribution in [3.8, 4) is 11.3 Å². The number of carbonyl (C=O) groups is 2. The van der Waals surface area contributed by atoms with Crippen molar-refractivity contribution in [1.29, 1.82) is 0 Å². The molecule has 2 amide bonds. The lowest BCUT2D eigenvalue weighted by molar-refractivity contribution is -0.116. The van der Waals surface area contributed by atoms with Crippen LogP contribution >= 0.6 is 0 Å². The fourth-order valence-corrected chi connectivity index (χ4v) is 6.91. The summed E-state index contributed by atoms with van der Waals surface area (Å²) >= 11 is 0. The van der Waals surface area contributed by atoms with Crippen LogP contribution in [0.3, 0.4) is 0 Å². The van der Waals surface area contributed by atoms with Crippen LogP contribution in [0, 0.1) is 0 Å². The summed E-state index contributed by atoms with van der Waals surface area (Å²) in [6.45, 7) is 0. The molecule has 0 saturated heterocycles. The molecule has 1 aliphatic heterocycles. The Morgan fingerprint density at radius 3 is 1.98 bits per heavy atom. The SMILES string of the molecule is O=C(CCc1cn(C(c2ccccc2)(c2ccccc2)c2ccccc2)cn1)Nc1cc2c3c(c(-c4ccccc4)[nH]c3c1)C=NNC2=O. The topological polar surface area (TPSA) is 104 Å². The molecular weight excluding hydrogens is 608 g/mol. The third kappa shape index (κ3) is 5.39. The van der Waals surface area contributed by atoms with Crippen molar-refractivity contribution in [2.24, 2.45) is 5.10 Å². The average Bonchev–Trinajstić information content (AvgIpc) is 3.73. The van der Waals surface area contributed by atoms with E-state index < -0.39 is 5.54 Å². The largest absolute Gasteiger partial charge is 0.354 e. The fraction of sp³-hybridized carbons (Fsp3) is 0.0732. The predicted molar refractivity (Wildman–Crippen MR) is 193 cm³/mol. The van der Waals surface area contributed by atoms with Crippen LogP contribution in [-0.4, -0.2) is 32.6 Å². The minimum absolute atomic E-state index is 0.179. The molecule has 0 fully saturated rings. The van der Waals surface area contributed by atoms with Crippen molar-refractivity contribution in [3.05, 3.63) is 179 Å². The molecule has 2 aromatic heterocycles. The van der Waals surface area contributed by atoms with E-state index in [2.05, 4.69) is 98.2 Å². The second kappa shape index (κ2) is 12.6. The lowest BCUT2D eigenvalue weighted by atomic mass is 9.77. The molecule has 0 saturated carbocycles. The quantitative estimate of drug-likeness (QED) is 0.142. The van der Waals surface area contributed by atoms with Crippen LogP contribution in [0.15, 0.2) is 151 Å². The summed E-state index contributed by atoms with van der Waals surface area (Å²) in [5.74, 6) is -0.513. The molecule has 3 heterocycles. The molecular formula is C41H32N6O2. The lowest BCUT2D eigenvalue weighted by Crippen LogP contribution is -2.36. The smallest absolute Gasteiger partial charge is 0.272 e. The summed E-state index contributed by atoms with van der Waals surface area (Å²) in [6.07, 6.45) is 6.20. The number of carbonyl (C=O) groups excluding carboxylic acids is 2. The molecule has 8 heteroatoms. The van der Waals surface area contributed by atoms with Gasteiger partial charge in [-0.2, -0.15) is 5.10 Å². The molecule has 3 N–H and O–H groups in total. The maximum absolute atomic E-state index is 13.4. The highest BCUT2D eigenvalue weighted by Gasteiger charge is 2.38. The van der Waals surface area contributed by atoms with Gasteiger partial charge in [-0.15, -0.1) is 0 Å². The molecule has 49 heavy (non-hydrogen) atoms. The summed E-state index contributed by atoms with van der Waals surface area (Å²) in [5.41, 5.74) is 10.4. The van der Waals surface area contributed by atoms with E-state index in [-0.39, 0.29) is 18.2 Å². The van der Waals surface area contributed by atoms with Gasteiger partial charge in [0, 0.05) is 34.8 Å². The number of hydrogen-bond acceptors (Lipinski definition) is 4. The van der Waals surface area contributed by atoms with Crippen LogP contribution in [0.5, 0.6) is 0 Å². The number of anilines is 1. The Labute approximate surface area is 283 Å². The zero-order chi connectivity index (χ0) is 33.2. The number of hydrazone groups is 1. The minimum Gasteiger partial charge on any atom is -0.354 e. The number of rotatable bonds is 9. The van der Waals surface area contributed by atoms with Gasteiger partial charge in [0.05, 0.1) is 29.5 Å². The summed E-state index contributed by atoms with van der Waals surface area (Å²) in [5, 5.41) is 7.92. The van der Waals surface area contributed by atoms with E-state index in [0.717, 1.165) is 50.1 Å². The number of nitrogens with zero attached hydrogens (tertiary/aromatic N) is 3. The van der Waals surface area contributed by atoms with E-state index in [1.165, 1.54) is 0 Å². The number of amides is 2. The molecule has 7 aromatic rings. The number of nitrogens with one attached hydrogen (secondary N) is 3. The second-order valence-corrected chi connectivity index (χ2v) is 12.1. The highest BCUT2D eigenvalue weighted by atomic mass is 16.2. The number of aromatic amines is 1. The van der Waals surface area contributed by atoms with Gasteiger partial charge in [0.15, 0.2) is 0 Å². The molecule has 0 aliphatic carbocycles. The zero-order valence-corrected chi connectivity index (χ0v) is 26.5. The molecule has 1 aliphatic rings. The summed E-state index contributed by atoms with van der Waals surface area (Å²) in [6, 6.07) is 44.7. The molecule has 0 spiro atoms. The van der Waals surface area contributed by atoms with Gasteiger partial charge >= 0.3 is 0 Å². The first-order valence-corrected chi connectivity index (χ1v) is 16.2. The van der Waals surface area contributed by atoms with Crippen molar-refractivity contribution >= 4 is 34.6 Å². The zero-order valence-electron chi connectivity index (χ0n) is 26.5. The minimum atomic E-state index is -0.676. The van der Waals surface area contributed by atoms with Gasteiger partial charge in [-0.25, -0.2) is 10.4 Å². The van der Waals surface area contributed by atoms with Crippen molar-refractivity contribution < 1.29 is 9.59 Å². The normalized spacial score (nSPS) is 12.4. The van der Waals surface area contributed by atoms with E-state index >= 15 is 0 Å². The molecule has 0 atom stereocenters. The average molecular weight is 641 g/mol. The number of aromatic nitrogens is 3. The Hall–Kier alpha value is -6.54. The van der Waals surface area contributed by atoms with Crippen LogP contribution < -0.4 is 10.7 Å². The van der Waals surface area contributed by atoms with Crippen molar-refractivity contribution in [3.63, 3.8) is 0 Å². The number of benzene rings is 5. The molecule has 8 rings (SSSR count). The van der Waals surface area contributed by atoms with Crippen molar-refractivity contribution in [2.45, 2.75) is 18.4 Å². The van der Waals surface area contributed by atoms with Crippen LogP contribution in [0.25, 0.3) is 22.2 Å². The van der Waals surface area contributed by atoms with Crippen LogP contribution in [0.1, 0.15) is 44.7 Å². The lowest BCUT2D eigenvalue weighted by Gasteiger charge is -2.37. The Morgan fingerprint density at radius 1 is 0.776 bits per heavy atom. The predicted octanol–water partition coefficient (Wildman–Crippen LogP) is 7.52. The van der Waals surface area contributed by atoms with Crippen LogP contribution in [0.4, 0.5) is 5.69 Å². The van der Waals surface area contributed by atoms with Crippen LogP contribution in [-0.2, 0) is 16.8 Å². The van der Waals surface area contributed by atoms with E-state index in [1.807, 2.05) is 67.1 Å². The monoisotopic (exact) mass is 640 g/mol. The molecule has 0 bridgehead atoms. The van der Waals surface area contributed by atoms with Gasteiger partial charge < -0.3 is 14.9 Å². The van der Waals surface area contributed by atoms with Crippen molar-refractivity contribution in [2.75, 3.05) is 5.32 Å². The van der Waals surface area contributed by atoms with Gasteiger partial charge in [0.1, 0.15) is 5.54 Å². The summed E-state index contributed by atoms with van der Waals surface area (Å²) < 4.78 is 2.15. The highest BCUT2D eigenvalue weighted by molar-refractivity contribution is 6.18. The Bertz CT molecular complexity index is 2210. The molecule has 0 unspecified atom stereocenters. The van der Waals surface area contributed by atoms with E-state index in [0.29, 0.717) is 17.7 Å². The number of H-pyrrole nitrogens is 1. The summed E-state index contributed by atoms with van der Waals surface area (Å²) in [4.78, 5) is 34.6. The third-order valence-corrected chi connectivity index (χ3v) is 9.09. The molecule has 238 valence electrons. The highest BCUT2D eigenvalue weighted by Crippen LogP contribution is 2.41. The maximum atomic E-state index is 13.4. The number of hydrogen-bond donors (Lipinski definition) is 3. The van der Waals surface area contributed by atoms with Gasteiger partial charge in [-0.1, -0.05) is 121 Å². The Balaban J connectivity index is 1.08. The Kier molecular flexibility index (Phi) is 7.66. The molecule has 0 radical (unpaired) electrons. The van der Waals surface area contributed by atoms with E-state index in [4.69, 9.17) is 4.98 Å². The maximum Gasteiger partial charge on any atom is 0.272 e. The van der Waals surface area contributed by atoms with Crippen molar-refractivity contribution in [1.82, 2.24) is 20.0 Å². The molecule has 8 nitrogen and oxygen atoms in total. The Morgan fingerprint density at radius 2 is 1.37 bits per heavy atom. The van der Waals surface area contributed by atoms with E-state index in [9.17, 15) is 9.59 Å².